The molecule has 2 atom stereocenters. The third kappa shape index (κ3) is 6.15. The lowest BCUT2D eigenvalue weighted by atomic mass is 10.0. The highest BCUT2D eigenvalue weighted by Gasteiger charge is 2.20. The van der Waals surface area contributed by atoms with E-state index >= 15 is 0 Å². The Hall–Kier alpha value is -3.29. The van der Waals surface area contributed by atoms with E-state index in [2.05, 4.69) is 29.6 Å². The first-order valence-corrected chi connectivity index (χ1v) is 10.8. The van der Waals surface area contributed by atoms with E-state index in [1.54, 1.807) is 36.8 Å². The molecule has 33 heavy (non-hydrogen) atoms. The second-order valence-corrected chi connectivity index (χ2v) is 8.18. The molecule has 1 aromatic carbocycles. The molecule has 0 bridgehead atoms. The van der Waals surface area contributed by atoms with Gasteiger partial charge in [0.05, 0.1) is 31.4 Å². The topological polar surface area (TPSA) is 84.6 Å². The normalized spacial score (nSPS) is 13.4. The van der Waals surface area contributed by atoms with Crippen LogP contribution in [0.4, 0.5) is 4.39 Å². The average molecular weight is 453 g/mol. The number of hydrogen-bond donors (Lipinski definition) is 2. The number of carbonyl (C=O) groups is 1. The van der Waals surface area contributed by atoms with Gasteiger partial charge in [0.25, 0.3) is 0 Å². The summed E-state index contributed by atoms with van der Waals surface area (Å²) >= 11 is 0. The third-order valence-electron chi connectivity index (χ3n) is 5.37. The van der Waals surface area contributed by atoms with Gasteiger partial charge in [0.2, 0.25) is 0 Å². The van der Waals surface area contributed by atoms with E-state index in [0.717, 1.165) is 28.1 Å². The molecule has 0 aliphatic rings. The Balaban J connectivity index is 2.04. The fourth-order valence-electron chi connectivity index (χ4n) is 3.71. The molecule has 0 aliphatic heterocycles. The third-order valence-corrected chi connectivity index (χ3v) is 5.37. The molecule has 0 saturated carbocycles. The maximum absolute atomic E-state index is 13.6. The molecular formula is C26H29FN2O4. The van der Waals surface area contributed by atoms with Crippen molar-refractivity contribution in [1.82, 2.24) is 9.55 Å². The molecule has 3 rings (SSSR count). The van der Waals surface area contributed by atoms with E-state index in [1.165, 1.54) is 19.2 Å². The highest BCUT2D eigenvalue weighted by molar-refractivity contribution is 5.84. The van der Waals surface area contributed by atoms with Crippen molar-refractivity contribution in [3.63, 3.8) is 0 Å². The number of esters is 1. The molecule has 2 aromatic heterocycles. The largest absolute Gasteiger partial charge is 0.469 e. The predicted molar refractivity (Wildman–Crippen MR) is 126 cm³/mol. The van der Waals surface area contributed by atoms with Crippen LogP contribution in [0.1, 0.15) is 38.3 Å². The van der Waals surface area contributed by atoms with Gasteiger partial charge in [-0.15, -0.1) is 0 Å². The summed E-state index contributed by atoms with van der Waals surface area (Å²) in [4.78, 5) is 15.5. The SMILES string of the molecule is COC(=O)C[C@H](O)C[C@H](O)/C=C/n1c(C(C)C)cc(-c2ccncc2)c1-c1ccc(F)cc1. The van der Waals surface area contributed by atoms with Crippen molar-refractivity contribution in [3.05, 3.63) is 72.4 Å². The van der Waals surface area contributed by atoms with Gasteiger partial charge in [-0.2, -0.15) is 0 Å². The van der Waals surface area contributed by atoms with Crippen LogP contribution in [0.15, 0.2) is 60.9 Å². The Labute approximate surface area is 193 Å². The quantitative estimate of drug-likeness (QED) is 0.463. The van der Waals surface area contributed by atoms with Crippen LogP contribution in [0.5, 0.6) is 0 Å². The fraction of sp³-hybridized carbons (Fsp3) is 0.308. The number of ether oxygens (including phenoxy) is 1. The summed E-state index contributed by atoms with van der Waals surface area (Å²) in [5.41, 5.74) is 4.59. The molecule has 7 heteroatoms. The van der Waals surface area contributed by atoms with Gasteiger partial charge in [-0.3, -0.25) is 9.78 Å². The first-order chi connectivity index (χ1) is 15.8. The van der Waals surface area contributed by atoms with Gasteiger partial charge in [0.15, 0.2) is 0 Å². The summed E-state index contributed by atoms with van der Waals surface area (Å²) in [5.74, 6) is -0.699. The Morgan fingerprint density at radius 1 is 1.12 bits per heavy atom. The zero-order chi connectivity index (χ0) is 24.0. The zero-order valence-corrected chi connectivity index (χ0v) is 19.0. The van der Waals surface area contributed by atoms with Crippen molar-refractivity contribution in [3.8, 4) is 22.4 Å². The molecule has 0 saturated heterocycles. The molecule has 3 aromatic rings. The number of aromatic nitrogens is 2. The first-order valence-electron chi connectivity index (χ1n) is 10.8. The smallest absolute Gasteiger partial charge is 0.308 e. The molecule has 0 unspecified atom stereocenters. The number of methoxy groups -OCH3 is 1. The van der Waals surface area contributed by atoms with Crippen LogP contribution >= 0.6 is 0 Å². The summed E-state index contributed by atoms with van der Waals surface area (Å²) in [7, 11) is 1.25. The number of pyridine rings is 1. The average Bonchev–Trinajstić information content (AvgIpc) is 3.18. The van der Waals surface area contributed by atoms with Crippen LogP contribution in [0, 0.1) is 5.82 Å². The van der Waals surface area contributed by atoms with Gasteiger partial charge in [0.1, 0.15) is 5.82 Å². The molecule has 0 spiro atoms. The van der Waals surface area contributed by atoms with Crippen molar-refractivity contribution in [2.75, 3.05) is 7.11 Å². The first kappa shape index (κ1) is 24.4. The number of halogens is 1. The molecule has 2 heterocycles. The summed E-state index contributed by atoms with van der Waals surface area (Å²) in [5, 5.41) is 20.5. The fourth-order valence-corrected chi connectivity index (χ4v) is 3.71. The van der Waals surface area contributed by atoms with Gasteiger partial charge < -0.3 is 19.5 Å². The van der Waals surface area contributed by atoms with Gasteiger partial charge in [-0.25, -0.2) is 4.39 Å². The van der Waals surface area contributed by atoms with Crippen LogP contribution < -0.4 is 0 Å². The summed E-state index contributed by atoms with van der Waals surface area (Å²) in [6.45, 7) is 4.14. The predicted octanol–water partition coefficient (Wildman–Crippen LogP) is 4.63. The van der Waals surface area contributed by atoms with E-state index in [1.807, 2.05) is 16.7 Å². The Morgan fingerprint density at radius 2 is 1.79 bits per heavy atom. The number of rotatable bonds is 9. The van der Waals surface area contributed by atoms with Gasteiger partial charge in [0, 0.05) is 36.3 Å². The minimum absolute atomic E-state index is 0.00697. The zero-order valence-electron chi connectivity index (χ0n) is 19.0. The number of aliphatic hydroxyl groups is 2. The lowest BCUT2D eigenvalue weighted by Crippen LogP contribution is -2.20. The van der Waals surface area contributed by atoms with E-state index in [0.29, 0.717) is 0 Å². The highest BCUT2D eigenvalue weighted by Crippen LogP contribution is 2.38. The number of nitrogens with zero attached hydrogens (tertiary/aromatic N) is 2. The second kappa shape index (κ2) is 11.0. The minimum atomic E-state index is -1.02. The molecular weight excluding hydrogens is 423 g/mol. The highest BCUT2D eigenvalue weighted by atomic mass is 19.1. The van der Waals surface area contributed by atoms with Crippen molar-refractivity contribution in [2.45, 2.75) is 44.8 Å². The Bertz CT molecular complexity index is 1090. The lowest BCUT2D eigenvalue weighted by Gasteiger charge is -2.15. The number of aliphatic hydroxyl groups excluding tert-OH is 2. The molecule has 0 aliphatic carbocycles. The molecule has 6 nitrogen and oxygen atoms in total. The standard InChI is InChI=1S/C26H29FN2O4/c1-17(2)24-16-23(18-8-11-28-12-9-18)26(19-4-6-20(27)7-5-19)29(24)13-10-21(30)14-22(31)15-25(32)33-3/h4-13,16-17,21-22,30-31H,14-15H2,1-3H3/b13-10+/t21-,22-/m1/s1. The van der Waals surface area contributed by atoms with Crippen LogP contribution in [-0.4, -0.2) is 45.1 Å². The minimum Gasteiger partial charge on any atom is -0.469 e. The van der Waals surface area contributed by atoms with Crippen molar-refractivity contribution >= 4 is 12.2 Å². The monoisotopic (exact) mass is 452 g/mol. The molecule has 174 valence electrons. The van der Waals surface area contributed by atoms with Crippen LogP contribution in [0.2, 0.25) is 0 Å². The maximum atomic E-state index is 13.6. The van der Waals surface area contributed by atoms with E-state index < -0.39 is 18.2 Å². The molecule has 2 N–H and O–H groups in total. The molecule has 0 radical (unpaired) electrons. The summed E-state index contributed by atoms with van der Waals surface area (Å²) in [6, 6.07) is 12.2. The Morgan fingerprint density at radius 3 is 2.39 bits per heavy atom. The number of hydrogen-bond acceptors (Lipinski definition) is 5. The maximum Gasteiger partial charge on any atom is 0.308 e. The number of benzene rings is 1. The van der Waals surface area contributed by atoms with Crippen LogP contribution in [0.3, 0.4) is 0 Å². The van der Waals surface area contributed by atoms with Gasteiger partial charge in [-0.05, 0) is 65.6 Å². The van der Waals surface area contributed by atoms with Crippen molar-refractivity contribution in [1.29, 1.82) is 0 Å². The second-order valence-electron chi connectivity index (χ2n) is 8.18. The van der Waals surface area contributed by atoms with Crippen molar-refractivity contribution in [2.24, 2.45) is 0 Å². The van der Waals surface area contributed by atoms with Crippen LogP contribution in [0.25, 0.3) is 28.6 Å². The summed E-state index contributed by atoms with van der Waals surface area (Å²) in [6.07, 6.45) is 4.59. The molecule has 0 fully saturated rings. The summed E-state index contributed by atoms with van der Waals surface area (Å²) < 4.78 is 20.2. The van der Waals surface area contributed by atoms with Crippen LogP contribution in [-0.2, 0) is 9.53 Å². The molecule has 0 amide bonds. The lowest BCUT2D eigenvalue weighted by molar-refractivity contribution is -0.143. The van der Waals surface area contributed by atoms with Gasteiger partial charge in [-0.1, -0.05) is 13.8 Å². The van der Waals surface area contributed by atoms with E-state index in [-0.39, 0.29) is 24.6 Å². The Kier molecular flexibility index (Phi) is 8.14. The van der Waals surface area contributed by atoms with E-state index in [4.69, 9.17) is 0 Å². The van der Waals surface area contributed by atoms with E-state index in [9.17, 15) is 19.4 Å². The van der Waals surface area contributed by atoms with Crippen molar-refractivity contribution < 1.29 is 24.1 Å². The number of carbonyl (C=O) groups excluding carboxylic acids is 1. The van der Waals surface area contributed by atoms with Gasteiger partial charge >= 0.3 is 5.97 Å².